The normalized spacial score (nSPS) is 14.8. The lowest BCUT2D eigenvalue weighted by Gasteiger charge is -2.21. The van der Waals surface area contributed by atoms with Crippen LogP contribution in [0.2, 0.25) is 0 Å². The number of carbonyl (C=O) groups is 1. The van der Waals surface area contributed by atoms with Crippen molar-refractivity contribution in [3.8, 4) is 0 Å². The lowest BCUT2D eigenvalue weighted by molar-refractivity contribution is -0.119. The molecule has 0 aliphatic heterocycles. The highest BCUT2D eigenvalue weighted by molar-refractivity contribution is 5.88. The molecule has 0 aliphatic carbocycles. The highest BCUT2D eigenvalue weighted by Gasteiger charge is 2.30. The second-order valence-corrected chi connectivity index (χ2v) is 4.47. The molecule has 18 heavy (non-hydrogen) atoms. The third kappa shape index (κ3) is 6.64. The van der Waals surface area contributed by atoms with Crippen molar-refractivity contribution in [3.63, 3.8) is 0 Å². The molecule has 0 saturated carbocycles. The first kappa shape index (κ1) is 17.0. The molecule has 3 nitrogen and oxygen atoms in total. The molecule has 0 aliphatic rings. The van der Waals surface area contributed by atoms with Crippen molar-refractivity contribution in [2.45, 2.75) is 39.4 Å². The number of halogens is 3. The van der Waals surface area contributed by atoms with E-state index in [2.05, 4.69) is 5.32 Å². The number of hydrogen-bond acceptors (Lipinski definition) is 2. The van der Waals surface area contributed by atoms with Gasteiger partial charge in [0, 0.05) is 31.4 Å². The third-order valence-electron chi connectivity index (χ3n) is 2.56. The molecule has 0 aromatic carbocycles. The number of ether oxygens (including phenoxy) is 1. The molecule has 0 heterocycles. The quantitative estimate of drug-likeness (QED) is 0.751. The van der Waals surface area contributed by atoms with Crippen molar-refractivity contribution in [3.05, 3.63) is 11.6 Å². The van der Waals surface area contributed by atoms with Gasteiger partial charge in [0.15, 0.2) is 0 Å². The zero-order chi connectivity index (χ0) is 14.3. The molecule has 0 spiro atoms. The predicted molar refractivity (Wildman–Crippen MR) is 63.1 cm³/mol. The van der Waals surface area contributed by atoms with Crippen molar-refractivity contribution >= 4 is 5.91 Å². The Morgan fingerprint density at radius 2 is 1.94 bits per heavy atom. The van der Waals surface area contributed by atoms with E-state index in [0.29, 0.717) is 19.1 Å². The molecular weight excluding hydrogens is 247 g/mol. The summed E-state index contributed by atoms with van der Waals surface area (Å²) in [5, 5.41) is 2.56. The van der Waals surface area contributed by atoms with Gasteiger partial charge in [-0.2, -0.15) is 13.2 Å². The fraction of sp³-hybridized carbons (Fsp3) is 0.750. The van der Waals surface area contributed by atoms with Crippen LogP contribution in [0.15, 0.2) is 11.6 Å². The zero-order valence-corrected chi connectivity index (χ0v) is 11.1. The molecular formula is C12H20F3NO2. The first-order valence-corrected chi connectivity index (χ1v) is 5.73. The minimum Gasteiger partial charge on any atom is -0.385 e. The Morgan fingerprint density at radius 1 is 1.39 bits per heavy atom. The number of hydrogen-bond donors (Lipinski definition) is 1. The second-order valence-electron chi connectivity index (χ2n) is 4.47. The number of carbonyl (C=O) groups excluding carboxylic acids is 1. The van der Waals surface area contributed by atoms with Gasteiger partial charge in [-0.25, -0.2) is 0 Å². The summed E-state index contributed by atoms with van der Waals surface area (Å²) in [6.07, 6.45) is -3.31. The minimum absolute atomic E-state index is 0.128. The summed E-state index contributed by atoms with van der Waals surface area (Å²) >= 11 is 0. The largest absolute Gasteiger partial charge is 0.412 e. The Hall–Kier alpha value is -1.04. The van der Waals surface area contributed by atoms with Gasteiger partial charge in [-0.15, -0.1) is 0 Å². The molecule has 6 heteroatoms. The maximum atomic E-state index is 12.2. The van der Waals surface area contributed by atoms with E-state index in [1.165, 1.54) is 7.11 Å². The lowest BCUT2D eigenvalue weighted by Crippen LogP contribution is -2.38. The van der Waals surface area contributed by atoms with Crippen molar-refractivity contribution in [2.75, 3.05) is 13.7 Å². The topological polar surface area (TPSA) is 38.3 Å². The van der Waals surface area contributed by atoms with Crippen molar-refractivity contribution in [1.29, 1.82) is 0 Å². The second kappa shape index (κ2) is 7.41. The van der Waals surface area contributed by atoms with Gasteiger partial charge in [0.1, 0.15) is 0 Å². The average Bonchev–Trinajstić information content (AvgIpc) is 2.22. The zero-order valence-electron chi connectivity index (χ0n) is 11.1. The van der Waals surface area contributed by atoms with E-state index in [1.54, 1.807) is 0 Å². The van der Waals surface area contributed by atoms with E-state index >= 15 is 0 Å². The van der Waals surface area contributed by atoms with Gasteiger partial charge in [0.05, 0.1) is 0 Å². The van der Waals surface area contributed by atoms with Crippen LogP contribution in [0.5, 0.6) is 0 Å². The molecule has 0 aromatic heterocycles. The van der Waals surface area contributed by atoms with Gasteiger partial charge < -0.3 is 10.1 Å². The first-order valence-electron chi connectivity index (χ1n) is 5.73. The summed E-state index contributed by atoms with van der Waals surface area (Å²) < 4.78 is 41.6. The van der Waals surface area contributed by atoms with Crippen LogP contribution in [0.1, 0.15) is 27.2 Å². The van der Waals surface area contributed by atoms with Crippen LogP contribution >= 0.6 is 0 Å². The monoisotopic (exact) mass is 267 g/mol. The molecule has 0 rings (SSSR count). The standard InChI is InChI=1S/C12H20F3NO2/c1-8(2)10(5-6-18-4)16-11(17)7-9(3)12(13,14)15/h7-8,10H,5-6H2,1-4H3,(H,16,17). The molecule has 0 saturated heterocycles. The number of alkyl halides is 3. The van der Waals surface area contributed by atoms with Gasteiger partial charge in [-0.1, -0.05) is 13.8 Å². The number of rotatable bonds is 6. The summed E-state index contributed by atoms with van der Waals surface area (Å²) in [7, 11) is 1.53. The van der Waals surface area contributed by atoms with Crippen LogP contribution in [-0.4, -0.2) is 31.8 Å². The summed E-state index contributed by atoms with van der Waals surface area (Å²) in [4.78, 5) is 11.4. The fourth-order valence-corrected chi connectivity index (χ4v) is 1.32. The smallest absolute Gasteiger partial charge is 0.385 e. The van der Waals surface area contributed by atoms with Gasteiger partial charge in [0.2, 0.25) is 5.91 Å². The molecule has 1 amide bonds. The SMILES string of the molecule is COCCC(NC(=O)C=C(C)C(F)(F)F)C(C)C. The maximum absolute atomic E-state index is 12.2. The van der Waals surface area contributed by atoms with Crippen molar-refractivity contribution in [2.24, 2.45) is 5.92 Å². The third-order valence-corrected chi connectivity index (χ3v) is 2.56. The number of methoxy groups -OCH3 is 1. The van der Waals surface area contributed by atoms with E-state index in [1.807, 2.05) is 13.8 Å². The highest BCUT2D eigenvalue weighted by Crippen LogP contribution is 2.24. The Kier molecular flexibility index (Phi) is 6.98. The lowest BCUT2D eigenvalue weighted by atomic mass is 10.0. The van der Waals surface area contributed by atoms with Crippen LogP contribution in [-0.2, 0) is 9.53 Å². The minimum atomic E-state index is -4.46. The van der Waals surface area contributed by atoms with Crippen LogP contribution in [0.25, 0.3) is 0 Å². The summed E-state index contributed by atoms with van der Waals surface area (Å²) in [6.45, 7) is 5.10. The Bertz CT molecular complexity index is 298. The maximum Gasteiger partial charge on any atom is 0.412 e. The summed E-state index contributed by atoms with van der Waals surface area (Å²) in [5.74, 6) is -0.594. The van der Waals surface area contributed by atoms with Gasteiger partial charge >= 0.3 is 6.18 Å². The fourth-order valence-electron chi connectivity index (χ4n) is 1.32. The van der Waals surface area contributed by atoms with E-state index in [4.69, 9.17) is 4.74 Å². The van der Waals surface area contributed by atoms with E-state index in [0.717, 1.165) is 6.92 Å². The molecule has 0 radical (unpaired) electrons. The van der Waals surface area contributed by atoms with E-state index < -0.39 is 17.7 Å². The molecule has 1 N–H and O–H groups in total. The van der Waals surface area contributed by atoms with Crippen LogP contribution < -0.4 is 5.32 Å². The van der Waals surface area contributed by atoms with Gasteiger partial charge in [-0.05, 0) is 19.3 Å². The molecule has 0 fully saturated rings. The Morgan fingerprint density at radius 3 is 2.33 bits per heavy atom. The number of nitrogens with one attached hydrogen (secondary N) is 1. The Labute approximate surface area is 105 Å². The molecule has 1 unspecified atom stereocenters. The molecule has 0 aromatic rings. The first-order chi connectivity index (χ1) is 8.18. The summed E-state index contributed by atoms with van der Waals surface area (Å²) in [6, 6.07) is -0.199. The molecule has 106 valence electrons. The highest BCUT2D eigenvalue weighted by atomic mass is 19.4. The van der Waals surface area contributed by atoms with Gasteiger partial charge in [0.25, 0.3) is 0 Å². The number of allylic oxidation sites excluding steroid dienone is 1. The van der Waals surface area contributed by atoms with Crippen molar-refractivity contribution < 1.29 is 22.7 Å². The van der Waals surface area contributed by atoms with Crippen LogP contribution in [0.4, 0.5) is 13.2 Å². The van der Waals surface area contributed by atoms with Crippen LogP contribution in [0.3, 0.4) is 0 Å². The average molecular weight is 267 g/mol. The Balaban J connectivity index is 4.52. The van der Waals surface area contributed by atoms with Crippen molar-refractivity contribution in [1.82, 2.24) is 5.32 Å². The predicted octanol–water partition coefficient (Wildman–Crippen LogP) is 2.67. The van der Waals surface area contributed by atoms with E-state index in [-0.39, 0.29) is 12.0 Å². The molecule has 0 bridgehead atoms. The van der Waals surface area contributed by atoms with E-state index in [9.17, 15) is 18.0 Å². The molecule has 1 atom stereocenters. The summed E-state index contributed by atoms with van der Waals surface area (Å²) in [5.41, 5.74) is -0.908. The van der Waals surface area contributed by atoms with Crippen LogP contribution in [0, 0.1) is 5.92 Å². The van der Waals surface area contributed by atoms with Gasteiger partial charge in [-0.3, -0.25) is 4.79 Å². The number of amides is 1.